The Bertz CT molecular complexity index is 714. The molecule has 0 unspecified atom stereocenters. The van der Waals surface area contributed by atoms with E-state index in [0.29, 0.717) is 17.3 Å². The summed E-state index contributed by atoms with van der Waals surface area (Å²) in [7, 11) is 1.60. The zero-order chi connectivity index (χ0) is 15.4. The van der Waals surface area contributed by atoms with Crippen LogP contribution in [0.25, 0.3) is 0 Å². The number of carbonyl (C=O) groups is 1. The Morgan fingerprint density at radius 2 is 1.91 bits per heavy atom. The van der Waals surface area contributed by atoms with Gasteiger partial charge < -0.3 is 10.1 Å². The van der Waals surface area contributed by atoms with E-state index in [4.69, 9.17) is 4.74 Å². The standard InChI is InChI=1S/C16H15N3O2S/c1-21-12-8-6-11(7-9-12)17-16(20)19-15-10-22-14-5-3-2-4-13(14)18-15/h2-9H,10H2,1H3,(H2,17,18,19,20). The number of rotatable bonds is 2. The predicted molar refractivity (Wildman–Crippen MR) is 89.4 cm³/mol. The van der Waals surface area contributed by atoms with Crippen molar-refractivity contribution in [2.75, 3.05) is 18.2 Å². The Morgan fingerprint density at radius 1 is 1.14 bits per heavy atom. The number of methoxy groups -OCH3 is 1. The molecule has 0 aromatic heterocycles. The van der Waals surface area contributed by atoms with Gasteiger partial charge in [0, 0.05) is 10.6 Å². The maximum Gasteiger partial charge on any atom is 0.324 e. The van der Waals surface area contributed by atoms with Gasteiger partial charge in [0.15, 0.2) is 0 Å². The van der Waals surface area contributed by atoms with Crippen molar-refractivity contribution in [3.63, 3.8) is 0 Å². The number of benzene rings is 2. The Kier molecular flexibility index (Phi) is 4.29. The predicted octanol–water partition coefficient (Wildman–Crippen LogP) is 3.65. The summed E-state index contributed by atoms with van der Waals surface area (Å²) in [6.45, 7) is 0. The minimum absolute atomic E-state index is 0.302. The number of thioether (sulfide) groups is 1. The molecule has 3 rings (SSSR count). The van der Waals surface area contributed by atoms with Gasteiger partial charge in [-0.3, -0.25) is 5.32 Å². The molecule has 0 saturated heterocycles. The molecule has 0 atom stereocenters. The molecule has 112 valence electrons. The molecule has 22 heavy (non-hydrogen) atoms. The number of hydrogen-bond acceptors (Lipinski definition) is 4. The van der Waals surface area contributed by atoms with Gasteiger partial charge in [0.05, 0.1) is 18.6 Å². The summed E-state index contributed by atoms with van der Waals surface area (Å²) in [5.41, 5.74) is 1.58. The highest BCUT2D eigenvalue weighted by atomic mass is 32.2. The van der Waals surface area contributed by atoms with Gasteiger partial charge in [-0.1, -0.05) is 12.1 Å². The fourth-order valence-electron chi connectivity index (χ4n) is 2.03. The van der Waals surface area contributed by atoms with Crippen molar-refractivity contribution in [1.29, 1.82) is 0 Å². The quantitative estimate of drug-likeness (QED) is 0.889. The number of carbonyl (C=O) groups excluding carboxylic acids is 1. The van der Waals surface area contributed by atoms with Crippen molar-refractivity contribution in [3.8, 4) is 5.75 Å². The lowest BCUT2D eigenvalue weighted by Gasteiger charge is -2.15. The summed E-state index contributed by atoms with van der Waals surface area (Å²) >= 11 is 1.66. The third-order valence-electron chi connectivity index (χ3n) is 3.09. The molecule has 1 heterocycles. The van der Waals surface area contributed by atoms with Crippen LogP contribution in [0.2, 0.25) is 0 Å². The number of amides is 2. The molecule has 0 saturated carbocycles. The second kappa shape index (κ2) is 6.53. The van der Waals surface area contributed by atoms with Crippen LogP contribution >= 0.6 is 11.8 Å². The minimum atomic E-state index is -0.302. The van der Waals surface area contributed by atoms with E-state index in [2.05, 4.69) is 15.6 Å². The number of amidine groups is 1. The highest BCUT2D eigenvalue weighted by Gasteiger charge is 2.14. The van der Waals surface area contributed by atoms with E-state index in [1.54, 1.807) is 43.1 Å². The van der Waals surface area contributed by atoms with Crippen molar-refractivity contribution in [2.24, 2.45) is 4.99 Å². The van der Waals surface area contributed by atoms with Crippen molar-refractivity contribution in [2.45, 2.75) is 4.90 Å². The minimum Gasteiger partial charge on any atom is -0.497 e. The van der Waals surface area contributed by atoms with E-state index in [0.717, 1.165) is 16.3 Å². The molecule has 0 fully saturated rings. The molecule has 0 aliphatic carbocycles. The molecule has 2 aromatic carbocycles. The highest BCUT2D eigenvalue weighted by molar-refractivity contribution is 8.00. The van der Waals surface area contributed by atoms with Crippen molar-refractivity contribution in [1.82, 2.24) is 5.32 Å². The van der Waals surface area contributed by atoms with E-state index in [1.807, 2.05) is 24.3 Å². The summed E-state index contributed by atoms with van der Waals surface area (Å²) in [6, 6.07) is 14.7. The summed E-state index contributed by atoms with van der Waals surface area (Å²) in [4.78, 5) is 17.6. The van der Waals surface area contributed by atoms with Gasteiger partial charge in [-0.15, -0.1) is 11.8 Å². The van der Waals surface area contributed by atoms with Crippen LogP contribution in [-0.4, -0.2) is 24.7 Å². The molecular weight excluding hydrogens is 298 g/mol. The Balaban J connectivity index is 1.63. The van der Waals surface area contributed by atoms with Crippen LogP contribution in [0.5, 0.6) is 5.75 Å². The molecule has 2 N–H and O–H groups in total. The first-order valence-corrected chi connectivity index (χ1v) is 7.74. The maximum absolute atomic E-state index is 12.0. The molecule has 2 amide bonds. The lowest BCUT2D eigenvalue weighted by molar-refractivity contribution is 0.256. The van der Waals surface area contributed by atoms with Crippen molar-refractivity contribution >= 4 is 35.0 Å². The number of nitrogens with one attached hydrogen (secondary N) is 2. The fraction of sp³-hybridized carbons (Fsp3) is 0.125. The molecule has 5 nitrogen and oxygen atoms in total. The largest absolute Gasteiger partial charge is 0.497 e. The van der Waals surface area contributed by atoms with Crippen molar-refractivity contribution < 1.29 is 9.53 Å². The van der Waals surface area contributed by atoms with Crippen LogP contribution in [0.15, 0.2) is 58.4 Å². The van der Waals surface area contributed by atoms with Gasteiger partial charge in [0.25, 0.3) is 0 Å². The van der Waals surface area contributed by atoms with E-state index in [9.17, 15) is 4.79 Å². The van der Waals surface area contributed by atoms with E-state index in [-0.39, 0.29) is 6.03 Å². The normalized spacial score (nSPS) is 12.9. The molecule has 0 spiro atoms. The summed E-state index contributed by atoms with van der Waals surface area (Å²) in [5.74, 6) is 2.04. The molecule has 0 radical (unpaired) electrons. The molecule has 2 aromatic rings. The lowest BCUT2D eigenvalue weighted by Crippen LogP contribution is -2.36. The maximum atomic E-state index is 12.0. The van der Waals surface area contributed by atoms with Crippen LogP contribution in [-0.2, 0) is 0 Å². The first-order chi connectivity index (χ1) is 10.7. The van der Waals surface area contributed by atoms with Crippen LogP contribution in [0.1, 0.15) is 0 Å². The number of nitrogens with zero attached hydrogens (tertiary/aromatic N) is 1. The Hall–Kier alpha value is -2.47. The molecule has 0 bridgehead atoms. The number of para-hydroxylation sites is 1. The van der Waals surface area contributed by atoms with E-state index >= 15 is 0 Å². The summed E-state index contributed by atoms with van der Waals surface area (Å²) in [6.07, 6.45) is 0. The Labute approximate surface area is 132 Å². The lowest BCUT2D eigenvalue weighted by atomic mass is 10.3. The highest BCUT2D eigenvalue weighted by Crippen LogP contribution is 2.32. The molecule has 6 heteroatoms. The van der Waals surface area contributed by atoms with E-state index in [1.165, 1.54) is 0 Å². The zero-order valence-electron chi connectivity index (χ0n) is 12.0. The number of aliphatic imine (C=N–C) groups is 1. The smallest absolute Gasteiger partial charge is 0.324 e. The molecule has 1 aliphatic heterocycles. The second-order valence-corrected chi connectivity index (χ2v) is 5.64. The number of anilines is 1. The van der Waals surface area contributed by atoms with Gasteiger partial charge in [-0.2, -0.15) is 0 Å². The van der Waals surface area contributed by atoms with Gasteiger partial charge in [-0.25, -0.2) is 9.79 Å². The zero-order valence-corrected chi connectivity index (χ0v) is 12.8. The summed E-state index contributed by atoms with van der Waals surface area (Å²) < 4.78 is 5.08. The number of ether oxygens (including phenoxy) is 1. The topological polar surface area (TPSA) is 62.7 Å². The van der Waals surface area contributed by atoms with Crippen LogP contribution in [0, 0.1) is 0 Å². The SMILES string of the molecule is COc1ccc(NC(=O)NC2=Nc3ccccc3SC2)cc1. The molecular formula is C16H15N3O2S. The first kappa shape index (κ1) is 14.5. The average Bonchev–Trinajstić information content (AvgIpc) is 2.55. The third-order valence-corrected chi connectivity index (χ3v) is 4.16. The average molecular weight is 313 g/mol. The number of hydrogen-bond donors (Lipinski definition) is 2. The van der Waals surface area contributed by atoms with Gasteiger partial charge in [0.2, 0.25) is 0 Å². The fourth-order valence-corrected chi connectivity index (χ4v) is 2.89. The van der Waals surface area contributed by atoms with Crippen LogP contribution in [0.3, 0.4) is 0 Å². The van der Waals surface area contributed by atoms with Gasteiger partial charge in [-0.05, 0) is 36.4 Å². The second-order valence-electron chi connectivity index (χ2n) is 4.62. The molecule has 1 aliphatic rings. The number of urea groups is 1. The number of fused-ring (bicyclic) bond motifs is 1. The van der Waals surface area contributed by atoms with E-state index < -0.39 is 0 Å². The third kappa shape index (κ3) is 3.40. The summed E-state index contributed by atoms with van der Waals surface area (Å²) in [5, 5.41) is 5.55. The van der Waals surface area contributed by atoms with Gasteiger partial charge in [0.1, 0.15) is 11.6 Å². The monoisotopic (exact) mass is 313 g/mol. The van der Waals surface area contributed by atoms with Crippen LogP contribution < -0.4 is 15.4 Å². The van der Waals surface area contributed by atoms with Gasteiger partial charge >= 0.3 is 6.03 Å². The van der Waals surface area contributed by atoms with Crippen LogP contribution in [0.4, 0.5) is 16.2 Å². The Morgan fingerprint density at radius 3 is 2.68 bits per heavy atom. The van der Waals surface area contributed by atoms with Crippen molar-refractivity contribution in [3.05, 3.63) is 48.5 Å². The first-order valence-electron chi connectivity index (χ1n) is 6.76.